The number of primary amides is 2. The molecule has 10 N–H and O–H groups in total. The SMILES string of the molecule is CN(C(=O)[C@H](N)Cc1ccccc1)[C@@H](CC(N)=O)C(=O)N[C@@H]1CCC[C@H](C(=O)N[C@H](Cc2ccccc2)C(=O)N(C)[C@@H](CC(N)=O)C(=O)N[C@@H]2CCC[C@H](C(=O)O)C2)C1. The molecule has 4 rings (SSSR count). The molecule has 59 heavy (non-hydrogen) atoms. The Kier molecular flexibility index (Phi) is 16.9. The molecule has 17 nitrogen and oxygen atoms in total. The lowest BCUT2D eigenvalue weighted by Gasteiger charge is -2.35. The normalized spacial score (nSPS) is 21.0. The number of nitrogens with one attached hydrogen (secondary N) is 3. The van der Waals surface area contributed by atoms with Gasteiger partial charge in [-0.05, 0) is 56.1 Å². The summed E-state index contributed by atoms with van der Waals surface area (Å²) in [6.07, 6.45) is 2.83. The maximum absolute atomic E-state index is 14.2. The van der Waals surface area contributed by atoms with Gasteiger partial charge < -0.3 is 48.1 Å². The predicted molar refractivity (Wildman–Crippen MR) is 216 cm³/mol. The van der Waals surface area contributed by atoms with Gasteiger partial charge in [-0.2, -0.15) is 0 Å². The second kappa shape index (κ2) is 21.8. The maximum atomic E-state index is 14.2. The van der Waals surface area contributed by atoms with Gasteiger partial charge in [-0.3, -0.25) is 38.4 Å². The fourth-order valence-corrected chi connectivity index (χ4v) is 8.00. The summed E-state index contributed by atoms with van der Waals surface area (Å²) in [6.45, 7) is 0. The van der Waals surface area contributed by atoms with Gasteiger partial charge in [0.2, 0.25) is 41.4 Å². The van der Waals surface area contributed by atoms with E-state index in [0.29, 0.717) is 44.1 Å². The minimum absolute atomic E-state index is 0.0536. The van der Waals surface area contributed by atoms with E-state index in [-0.39, 0.29) is 25.7 Å². The lowest BCUT2D eigenvalue weighted by molar-refractivity contribution is -0.145. The summed E-state index contributed by atoms with van der Waals surface area (Å²) in [5.74, 6) is -6.80. The number of nitrogens with zero attached hydrogens (tertiary/aromatic N) is 2. The highest BCUT2D eigenvalue weighted by Crippen LogP contribution is 2.27. The van der Waals surface area contributed by atoms with Gasteiger partial charge in [-0.15, -0.1) is 0 Å². The van der Waals surface area contributed by atoms with Crippen LogP contribution in [0.1, 0.15) is 75.3 Å². The van der Waals surface area contributed by atoms with Crippen molar-refractivity contribution in [3.63, 3.8) is 0 Å². The van der Waals surface area contributed by atoms with Crippen LogP contribution in [0, 0.1) is 11.8 Å². The zero-order valence-corrected chi connectivity index (χ0v) is 33.7. The largest absolute Gasteiger partial charge is 0.481 e. The average molecular weight is 819 g/mol. The van der Waals surface area contributed by atoms with Gasteiger partial charge in [-0.25, -0.2) is 0 Å². The van der Waals surface area contributed by atoms with Crippen LogP contribution in [0.2, 0.25) is 0 Å². The van der Waals surface area contributed by atoms with Crippen molar-refractivity contribution in [3.05, 3.63) is 71.8 Å². The number of carboxylic acids is 1. The second-order valence-electron chi connectivity index (χ2n) is 15.8. The molecule has 0 aliphatic heterocycles. The first-order valence-corrected chi connectivity index (χ1v) is 20.1. The van der Waals surface area contributed by atoms with Crippen LogP contribution >= 0.6 is 0 Å². The smallest absolute Gasteiger partial charge is 0.306 e. The number of benzene rings is 2. The monoisotopic (exact) mass is 818 g/mol. The molecule has 0 heterocycles. The van der Waals surface area contributed by atoms with Crippen molar-refractivity contribution in [2.24, 2.45) is 29.0 Å². The number of amides is 7. The highest BCUT2D eigenvalue weighted by atomic mass is 16.4. The first-order valence-electron chi connectivity index (χ1n) is 20.1. The molecule has 0 unspecified atom stereocenters. The minimum Gasteiger partial charge on any atom is -0.481 e. The van der Waals surface area contributed by atoms with Gasteiger partial charge in [0, 0.05) is 38.5 Å². The average Bonchev–Trinajstić information content (AvgIpc) is 3.21. The van der Waals surface area contributed by atoms with E-state index >= 15 is 0 Å². The molecule has 2 aliphatic rings. The molecule has 8 atom stereocenters. The molecule has 2 aromatic rings. The number of carbonyl (C=O) groups excluding carboxylic acids is 7. The van der Waals surface area contributed by atoms with Gasteiger partial charge in [0.15, 0.2) is 0 Å². The van der Waals surface area contributed by atoms with E-state index in [1.54, 1.807) is 30.3 Å². The Hall–Kier alpha value is -5.84. The molecule has 0 aromatic heterocycles. The standard InChI is InChI=1S/C42H58N8O9/c1-49(40(56)31(43)19-25-11-5-3-6-12-25)33(23-35(44)51)38(54)46-29-17-9-15-27(21-29)37(53)48-32(20-26-13-7-4-8-14-26)41(57)50(2)34(24-36(45)52)39(55)47-30-18-10-16-28(22-30)42(58)59/h3-8,11-14,27-34H,9-10,15-24,43H2,1-2H3,(H2,44,51)(H2,45,52)(H,46,54)(H,47,55)(H,48,53)(H,58,59)/t27-,28-,29+,30+,31+,32+,33-,34-/m0/s1. The molecule has 0 saturated heterocycles. The topological polar surface area (TPSA) is 277 Å². The Morgan fingerprint density at radius 1 is 0.661 bits per heavy atom. The lowest BCUT2D eigenvalue weighted by Crippen LogP contribution is -2.58. The van der Waals surface area contributed by atoms with Crippen molar-refractivity contribution in [1.82, 2.24) is 25.8 Å². The number of hydrogen-bond acceptors (Lipinski definition) is 9. The van der Waals surface area contributed by atoms with Gasteiger partial charge in [0.25, 0.3) is 0 Å². The maximum Gasteiger partial charge on any atom is 0.306 e. The molecule has 0 radical (unpaired) electrons. The fraction of sp³-hybridized carbons (Fsp3) is 0.524. The van der Waals surface area contributed by atoms with Crippen LogP contribution in [0.3, 0.4) is 0 Å². The van der Waals surface area contributed by atoms with Gasteiger partial charge in [0.05, 0.1) is 24.8 Å². The number of aliphatic carboxylic acids is 1. The van der Waals surface area contributed by atoms with Crippen LogP contribution in [0.15, 0.2) is 60.7 Å². The first kappa shape index (κ1) is 45.9. The third-order valence-corrected chi connectivity index (χ3v) is 11.3. The van der Waals surface area contributed by atoms with E-state index in [9.17, 15) is 43.5 Å². The fourth-order valence-electron chi connectivity index (χ4n) is 8.00. The van der Waals surface area contributed by atoms with Crippen molar-refractivity contribution in [3.8, 4) is 0 Å². The van der Waals surface area contributed by atoms with Crippen LogP contribution in [0.25, 0.3) is 0 Å². The summed E-state index contributed by atoms with van der Waals surface area (Å²) in [4.78, 5) is 107. The molecule has 7 amide bonds. The number of carboxylic acid groups (broad SMARTS) is 1. The Bertz CT molecular complexity index is 1810. The first-order chi connectivity index (χ1) is 28.0. The van der Waals surface area contributed by atoms with Gasteiger partial charge in [0.1, 0.15) is 18.1 Å². The molecule has 0 spiro atoms. The zero-order valence-electron chi connectivity index (χ0n) is 33.7. The summed E-state index contributed by atoms with van der Waals surface area (Å²) in [6, 6.07) is 12.3. The van der Waals surface area contributed by atoms with Crippen molar-refractivity contribution in [2.45, 2.75) is 113 Å². The number of carbonyl (C=O) groups is 8. The molecule has 0 bridgehead atoms. The van der Waals surface area contributed by atoms with Gasteiger partial charge >= 0.3 is 5.97 Å². The van der Waals surface area contributed by atoms with E-state index in [1.165, 1.54) is 14.1 Å². The zero-order chi connectivity index (χ0) is 43.2. The number of rotatable bonds is 19. The van der Waals surface area contributed by atoms with Crippen LogP contribution in [-0.2, 0) is 51.2 Å². The molecular formula is C42H58N8O9. The third kappa shape index (κ3) is 13.6. The molecule has 320 valence electrons. The highest BCUT2D eigenvalue weighted by molar-refractivity contribution is 5.95. The van der Waals surface area contributed by atoms with Crippen molar-refractivity contribution in [1.29, 1.82) is 0 Å². The number of hydrogen-bond donors (Lipinski definition) is 7. The molecule has 2 aliphatic carbocycles. The Morgan fingerprint density at radius 2 is 1.10 bits per heavy atom. The lowest BCUT2D eigenvalue weighted by atomic mass is 9.84. The Labute approximate surface area is 344 Å². The number of nitrogens with two attached hydrogens (primary N) is 3. The number of likely N-dealkylation sites (N-methyl/N-ethyl adjacent to an activating group) is 2. The summed E-state index contributed by atoms with van der Waals surface area (Å²) in [7, 11) is 2.74. The van der Waals surface area contributed by atoms with E-state index in [4.69, 9.17) is 17.2 Å². The molecule has 17 heteroatoms. The molecule has 2 saturated carbocycles. The van der Waals surface area contributed by atoms with Crippen LogP contribution in [0.5, 0.6) is 0 Å². The Balaban J connectivity index is 1.46. The highest BCUT2D eigenvalue weighted by Gasteiger charge is 2.38. The van der Waals surface area contributed by atoms with E-state index in [2.05, 4.69) is 16.0 Å². The van der Waals surface area contributed by atoms with E-state index in [0.717, 1.165) is 15.4 Å². The summed E-state index contributed by atoms with van der Waals surface area (Å²) >= 11 is 0. The summed E-state index contributed by atoms with van der Waals surface area (Å²) in [5.41, 5.74) is 18.8. The van der Waals surface area contributed by atoms with Crippen LogP contribution < -0.4 is 33.2 Å². The van der Waals surface area contributed by atoms with Gasteiger partial charge in [-0.1, -0.05) is 73.5 Å². The van der Waals surface area contributed by atoms with E-state index < -0.39 is 108 Å². The molecule has 2 fully saturated rings. The minimum atomic E-state index is -1.33. The van der Waals surface area contributed by atoms with E-state index in [1.807, 2.05) is 30.3 Å². The van der Waals surface area contributed by atoms with Crippen molar-refractivity contribution < 1.29 is 43.5 Å². The van der Waals surface area contributed by atoms with Crippen LogP contribution in [0.4, 0.5) is 0 Å². The predicted octanol–water partition coefficient (Wildman–Crippen LogP) is 0.123. The summed E-state index contributed by atoms with van der Waals surface area (Å²) in [5, 5.41) is 18.1. The quantitative estimate of drug-likeness (QED) is 0.101. The second-order valence-corrected chi connectivity index (χ2v) is 15.8. The molecular weight excluding hydrogens is 761 g/mol. The third-order valence-electron chi connectivity index (χ3n) is 11.3. The Morgan fingerprint density at radius 3 is 1.58 bits per heavy atom. The van der Waals surface area contributed by atoms with Crippen molar-refractivity contribution in [2.75, 3.05) is 14.1 Å². The van der Waals surface area contributed by atoms with Crippen molar-refractivity contribution >= 4 is 47.3 Å². The molecule has 2 aromatic carbocycles. The van der Waals surface area contributed by atoms with Crippen LogP contribution in [-0.4, -0.2) is 113 Å². The summed E-state index contributed by atoms with van der Waals surface area (Å²) < 4.78 is 0.